The van der Waals surface area contributed by atoms with Gasteiger partial charge in [-0.3, -0.25) is 0 Å². The SMILES string of the molecule is COc1ccc(OC)c([C@@H]2O[C@H](Cn3cc(COC(=O)c4cccc(C(=O)OCc5cn(C[C@H]6O[C@@H](c7cc(OC)ccc7OC)[C@H](OCc7ccccc7)[C@@H](OCc7ccccc7)[C@@H]6OCc6ccccc6)nn5)c4)nn3)[C@@H](OCc3ccccc3)[C@H](OCc3ccccc3)[C@H]2OCc2ccccc2)c1. The first-order chi connectivity index (χ1) is 52.1. The van der Waals surface area contributed by atoms with E-state index in [0.29, 0.717) is 45.5 Å². The number of carbonyl (C=O) groups is 2. The minimum atomic E-state index is -0.788. The second-order valence-electron chi connectivity index (χ2n) is 25.6. The summed E-state index contributed by atoms with van der Waals surface area (Å²) in [6.07, 6.45) is -4.17. The molecule has 0 bridgehead atoms. The summed E-state index contributed by atoms with van der Waals surface area (Å²) in [6.45, 7) is 1.15. The Morgan fingerprint density at radius 2 is 0.651 bits per heavy atom. The fraction of sp³-hybridized carbons (Fsp3) is 0.286. The molecule has 0 radical (unpaired) electrons. The van der Waals surface area contributed by atoms with Gasteiger partial charge in [-0.1, -0.05) is 198 Å². The maximum Gasteiger partial charge on any atom is 0.338 e. The molecule has 9 aromatic carbocycles. The van der Waals surface area contributed by atoms with E-state index in [1.165, 1.54) is 6.07 Å². The van der Waals surface area contributed by atoms with Gasteiger partial charge in [0, 0.05) is 11.1 Å². The molecule has 22 nitrogen and oxygen atoms in total. The number of methoxy groups -OCH3 is 4. The third-order valence-electron chi connectivity index (χ3n) is 18.4. The lowest BCUT2D eigenvalue weighted by atomic mass is 9.89. The number of nitrogens with zero attached hydrogens (tertiary/aromatic N) is 6. The number of rotatable bonds is 34. The van der Waals surface area contributed by atoms with Gasteiger partial charge in [0.2, 0.25) is 0 Å². The van der Waals surface area contributed by atoms with Crippen molar-refractivity contribution in [2.45, 2.75) is 127 Å². The molecular formula is C84H84N6O16. The van der Waals surface area contributed by atoms with E-state index in [0.717, 1.165) is 33.4 Å². The van der Waals surface area contributed by atoms with Crippen LogP contribution < -0.4 is 18.9 Å². The minimum absolute atomic E-state index is 0.103. The van der Waals surface area contributed by atoms with E-state index in [4.69, 9.17) is 66.3 Å². The quantitative estimate of drug-likeness (QED) is 0.0342. The van der Waals surface area contributed by atoms with Crippen molar-refractivity contribution in [1.82, 2.24) is 30.0 Å². The smallest absolute Gasteiger partial charge is 0.338 e. The van der Waals surface area contributed by atoms with E-state index in [-0.39, 0.29) is 77.1 Å². The maximum absolute atomic E-state index is 13.9. The Morgan fingerprint density at radius 1 is 0.340 bits per heavy atom. The highest BCUT2D eigenvalue weighted by Gasteiger charge is 2.52. The molecule has 0 unspecified atom stereocenters. The van der Waals surface area contributed by atoms with Crippen LogP contribution in [0.4, 0.5) is 0 Å². The minimum Gasteiger partial charge on any atom is -0.497 e. The Morgan fingerprint density at radius 3 is 0.962 bits per heavy atom. The lowest BCUT2D eigenvalue weighted by Crippen LogP contribution is -2.58. The number of esters is 2. The molecule has 0 amide bonds. The molecule has 0 N–H and O–H groups in total. The van der Waals surface area contributed by atoms with Gasteiger partial charge in [-0.15, -0.1) is 10.2 Å². The van der Waals surface area contributed by atoms with E-state index in [9.17, 15) is 9.59 Å². The van der Waals surface area contributed by atoms with E-state index in [1.807, 2.05) is 218 Å². The lowest BCUT2D eigenvalue weighted by Gasteiger charge is -2.46. The van der Waals surface area contributed by atoms with Crippen LogP contribution in [-0.4, -0.2) is 119 Å². The first-order valence-electron chi connectivity index (χ1n) is 35.1. The zero-order chi connectivity index (χ0) is 72.8. The van der Waals surface area contributed by atoms with Crippen molar-refractivity contribution < 1.29 is 75.9 Å². The topological polar surface area (TPSA) is 225 Å². The number of hydrogen-bond acceptors (Lipinski definition) is 20. The number of carbonyl (C=O) groups excluding carboxylic acids is 2. The molecule has 0 spiro atoms. The van der Waals surface area contributed by atoms with Gasteiger partial charge in [0.05, 0.1) is 105 Å². The van der Waals surface area contributed by atoms with Crippen LogP contribution in [0.3, 0.4) is 0 Å². The molecule has 0 saturated carbocycles. The zero-order valence-corrected chi connectivity index (χ0v) is 59.3. The van der Waals surface area contributed by atoms with Crippen molar-refractivity contribution in [3.63, 3.8) is 0 Å². The monoisotopic (exact) mass is 1430 g/mol. The van der Waals surface area contributed by atoms with Crippen LogP contribution in [0.15, 0.2) is 255 Å². The van der Waals surface area contributed by atoms with Gasteiger partial charge in [-0.2, -0.15) is 0 Å². The second-order valence-corrected chi connectivity index (χ2v) is 25.6. The Hall–Kier alpha value is -10.9. The third-order valence-corrected chi connectivity index (χ3v) is 18.4. The van der Waals surface area contributed by atoms with E-state index >= 15 is 0 Å². The van der Waals surface area contributed by atoms with Crippen LogP contribution in [0.25, 0.3) is 0 Å². The highest BCUT2D eigenvalue weighted by Crippen LogP contribution is 2.45. The van der Waals surface area contributed by atoms with Gasteiger partial charge in [-0.25, -0.2) is 19.0 Å². The molecule has 2 aromatic heterocycles. The largest absolute Gasteiger partial charge is 0.497 e. The van der Waals surface area contributed by atoms with Crippen LogP contribution >= 0.6 is 0 Å². The first kappa shape index (κ1) is 73.4. The van der Waals surface area contributed by atoms with Crippen LogP contribution in [0.2, 0.25) is 0 Å². The predicted octanol–water partition coefficient (Wildman–Crippen LogP) is 13.4. The Labute approximate surface area is 615 Å². The van der Waals surface area contributed by atoms with Crippen molar-refractivity contribution >= 4 is 11.9 Å². The van der Waals surface area contributed by atoms with Gasteiger partial charge < -0.3 is 66.3 Å². The van der Waals surface area contributed by atoms with E-state index in [2.05, 4.69) is 20.6 Å². The number of benzene rings is 9. The zero-order valence-electron chi connectivity index (χ0n) is 59.3. The number of aromatic nitrogens is 6. The molecule has 546 valence electrons. The highest BCUT2D eigenvalue weighted by molar-refractivity contribution is 5.95. The van der Waals surface area contributed by atoms with Crippen molar-refractivity contribution in [2.75, 3.05) is 28.4 Å². The summed E-state index contributed by atoms with van der Waals surface area (Å²) in [7, 11) is 6.43. The molecule has 11 aromatic rings. The summed E-state index contributed by atoms with van der Waals surface area (Å²) < 4.78 is 94.9. The normalized spacial score (nSPS) is 19.9. The molecule has 10 atom stereocenters. The standard InChI is InChI=1S/C84H84N6O16/c1-93-67-38-40-71(95-3)69(43-67)75-79(99-51-59-28-15-7-16-29-59)81(101-53-61-32-19-9-20-33-61)77(97-49-57-24-11-5-12-25-57)73(105-75)47-89-45-65(85-87-89)55-103-83(91)63-36-23-37-64(42-63)84(92)104-56-66-46-90(88-86-66)48-74-78(98-50-58-26-13-6-14-27-58)82(102-54-62-34-21-10-22-35-62)80(100-52-60-30-17-8-18-31-60)76(106-74)70-44-68(94-2)39-41-72(70)96-4/h5-46,73-82H,47-56H2,1-4H3/t73-,74-,75+,76+,77-,78-,79+,80+,81+,82+/m1/s1. The van der Waals surface area contributed by atoms with Gasteiger partial charge >= 0.3 is 11.9 Å². The Bertz CT molecular complexity index is 4260. The maximum atomic E-state index is 13.9. The van der Waals surface area contributed by atoms with E-state index < -0.39 is 73.0 Å². The fourth-order valence-electron chi connectivity index (χ4n) is 13.1. The highest BCUT2D eigenvalue weighted by atomic mass is 16.6. The average Bonchev–Trinajstić information content (AvgIpc) is 0.782. The Kier molecular flexibility index (Phi) is 25.4. The molecule has 4 heterocycles. The first-order valence-corrected chi connectivity index (χ1v) is 35.1. The average molecular weight is 1430 g/mol. The molecular weight excluding hydrogens is 1350 g/mol. The summed E-state index contributed by atoms with van der Waals surface area (Å²) in [4.78, 5) is 27.8. The molecule has 2 aliphatic rings. The Balaban J connectivity index is 0.701. The molecule has 2 aliphatic heterocycles. The van der Waals surface area contributed by atoms with E-state index in [1.54, 1.807) is 68.4 Å². The molecule has 13 rings (SSSR count). The van der Waals surface area contributed by atoms with Crippen LogP contribution in [0.5, 0.6) is 23.0 Å². The number of hydrogen-bond donors (Lipinski definition) is 0. The predicted molar refractivity (Wildman–Crippen MR) is 389 cm³/mol. The third kappa shape index (κ3) is 19.1. The summed E-state index contributed by atoms with van der Waals surface area (Å²) >= 11 is 0. The van der Waals surface area contributed by atoms with Crippen LogP contribution in [-0.2, 0) is 113 Å². The van der Waals surface area contributed by atoms with Crippen LogP contribution in [0.1, 0.15) is 88.8 Å². The molecule has 2 fully saturated rings. The van der Waals surface area contributed by atoms with Gasteiger partial charge in [0.15, 0.2) is 0 Å². The summed E-state index contributed by atoms with van der Waals surface area (Å²) in [5.74, 6) is 0.875. The summed E-state index contributed by atoms with van der Waals surface area (Å²) in [6, 6.07) is 76.6. The van der Waals surface area contributed by atoms with Crippen molar-refractivity contribution in [1.29, 1.82) is 0 Å². The number of ether oxygens (including phenoxy) is 14. The molecule has 22 heteroatoms. The van der Waals surface area contributed by atoms with Crippen molar-refractivity contribution in [3.8, 4) is 23.0 Å². The van der Waals surface area contributed by atoms with Crippen molar-refractivity contribution in [2.24, 2.45) is 0 Å². The molecule has 106 heavy (non-hydrogen) atoms. The van der Waals surface area contributed by atoms with Crippen molar-refractivity contribution in [3.05, 3.63) is 322 Å². The fourth-order valence-corrected chi connectivity index (χ4v) is 13.1. The summed E-state index contributed by atoms with van der Waals surface area (Å²) in [5.41, 5.74) is 7.96. The summed E-state index contributed by atoms with van der Waals surface area (Å²) in [5, 5.41) is 17.8. The molecule has 0 aliphatic carbocycles. The van der Waals surface area contributed by atoms with Gasteiger partial charge in [-0.05, 0) is 88.0 Å². The molecule has 2 saturated heterocycles. The lowest BCUT2D eigenvalue weighted by molar-refractivity contribution is -0.270. The second kappa shape index (κ2) is 36.7. The van der Waals surface area contributed by atoms with Crippen LogP contribution in [0, 0.1) is 0 Å². The van der Waals surface area contributed by atoms with Gasteiger partial charge in [0.25, 0.3) is 0 Å². The van der Waals surface area contributed by atoms with Gasteiger partial charge in [0.1, 0.15) is 109 Å².